The molecule has 0 amide bonds. The van der Waals surface area contributed by atoms with Crippen molar-refractivity contribution in [2.75, 3.05) is 0 Å². The van der Waals surface area contributed by atoms with Crippen LogP contribution in [-0.2, 0) is 4.74 Å². The van der Waals surface area contributed by atoms with Crippen LogP contribution < -0.4 is 5.73 Å². The SMILES string of the molecule is Cl.NC1CCC(OC(F)F)CC1. The van der Waals surface area contributed by atoms with E-state index in [0.717, 1.165) is 12.8 Å². The van der Waals surface area contributed by atoms with Gasteiger partial charge in [0.25, 0.3) is 0 Å². The van der Waals surface area contributed by atoms with E-state index >= 15 is 0 Å². The molecule has 0 unspecified atom stereocenters. The van der Waals surface area contributed by atoms with Gasteiger partial charge in [0, 0.05) is 6.04 Å². The summed E-state index contributed by atoms with van der Waals surface area (Å²) in [6, 6.07) is 0.188. The standard InChI is InChI=1S/C7H13F2NO.ClH/c8-7(9)11-6-3-1-5(10)2-4-6;/h5-7H,1-4,10H2;1H. The third-order valence-electron chi connectivity index (χ3n) is 2.01. The number of alkyl halides is 2. The molecule has 1 fully saturated rings. The second-order valence-electron chi connectivity index (χ2n) is 2.93. The first-order valence-electron chi connectivity index (χ1n) is 3.87. The molecule has 0 bridgehead atoms. The first-order chi connectivity index (χ1) is 5.18. The van der Waals surface area contributed by atoms with Crippen molar-refractivity contribution in [2.24, 2.45) is 5.73 Å². The fourth-order valence-corrected chi connectivity index (χ4v) is 1.37. The maximum absolute atomic E-state index is 11.7. The van der Waals surface area contributed by atoms with E-state index in [4.69, 9.17) is 5.73 Å². The number of rotatable bonds is 2. The van der Waals surface area contributed by atoms with Crippen LogP contribution in [0.2, 0.25) is 0 Å². The Morgan fingerprint density at radius 3 is 2.08 bits per heavy atom. The summed E-state index contributed by atoms with van der Waals surface area (Å²) in [5.41, 5.74) is 5.58. The third kappa shape index (κ3) is 4.18. The largest absolute Gasteiger partial charge is 0.345 e. The van der Waals surface area contributed by atoms with E-state index in [1.807, 2.05) is 0 Å². The lowest BCUT2D eigenvalue weighted by Gasteiger charge is -2.25. The summed E-state index contributed by atoms with van der Waals surface area (Å²) < 4.78 is 27.7. The lowest BCUT2D eigenvalue weighted by Crippen LogP contribution is -2.31. The number of ether oxygens (including phenoxy) is 1. The Morgan fingerprint density at radius 1 is 1.17 bits per heavy atom. The molecule has 74 valence electrons. The van der Waals surface area contributed by atoms with Gasteiger partial charge in [0.2, 0.25) is 0 Å². The Kier molecular flexibility index (Phi) is 5.70. The van der Waals surface area contributed by atoms with Gasteiger partial charge in [-0.15, -0.1) is 12.4 Å². The van der Waals surface area contributed by atoms with Crippen molar-refractivity contribution in [3.63, 3.8) is 0 Å². The van der Waals surface area contributed by atoms with Crippen molar-refractivity contribution >= 4 is 12.4 Å². The molecule has 2 N–H and O–H groups in total. The van der Waals surface area contributed by atoms with Gasteiger partial charge in [-0.05, 0) is 25.7 Å². The van der Waals surface area contributed by atoms with Crippen LogP contribution >= 0.6 is 12.4 Å². The first-order valence-corrected chi connectivity index (χ1v) is 3.87. The van der Waals surface area contributed by atoms with Gasteiger partial charge in [-0.3, -0.25) is 0 Å². The quantitative estimate of drug-likeness (QED) is 0.741. The Bertz CT molecular complexity index is 118. The Hall–Kier alpha value is 0.0700. The lowest BCUT2D eigenvalue weighted by molar-refractivity contribution is -0.169. The average molecular weight is 202 g/mol. The molecule has 0 radical (unpaired) electrons. The van der Waals surface area contributed by atoms with E-state index in [0.29, 0.717) is 12.8 Å². The highest BCUT2D eigenvalue weighted by Crippen LogP contribution is 2.21. The zero-order chi connectivity index (χ0) is 8.27. The second kappa shape index (κ2) is 5.67. The van der Waals surface area contributed by atoms with Crippen molar-refractivity contribution in [1.29, 1.82) is 0 Å². The van der Waals surface area contributed by atoms with Gasteiger partial charge in [0.1, 0.15) is 0 Å². The lowest BCUT2D eigenvalue weighted by atomic mass is 9.94. The minimum absolute atomic E-state index is 0. The van der Waals surface area contributed by atoms with E-state index in [1.165, 1.54) is 0 Å². The van der Waals surface area contributed by atoms with Gasteiger partial charge in [0.15, 0.2) is 0 Å². The number of nitrogens with two attached hydrogens (primary N) is 1. The van der Waals surface area contributed by atoms with Crippen LogP contribution in [-0.4, -0.2) is 18.8 Å². The Balaban J connectivity index is 0.00000121. The molecule has 0 aromatic carbocycles. The van der Waals surface area contributed by atoms with Crippen LogP contribution in [0.1, 0.15) is 25.7 Å². The summed E-state index contributed by atoms with van der Waals surface area (Å²) in [6.07, 6.45) is 2.68. The Morgan fingerprint density at radius 2 is 1.67 bits per heavy atom. The van der Waals surface area contributed by atoms with Crippen LogP contribution in [0, 0.1) is 0 Å². The molecule has 0 aromatic heterocycles. The molecular formula is C7H14ClF2NO. The molecule has 0 saturated heterocycles. The normalized spacial score (nSPS) is 30.0. The molecule has 5 heteroatoms. The van der Waals surface area contributed by atoms with Crippen molar-refractivity contribution in [2.45, 2.75) is 44.4 Å². The van der Waals surface area contributed by atoms with Crippen molar-refractivity contribution < 1.29 is 13.5 Å². The highest BCUT2D eigenvalue weighted by molar-refractivity contribution is 5.85. The summed E-state index contributed by atoms with van der Waals surface area (Å²) in [7, 11) is 0. The third-order valence-corrected chi connectivity index (χ3v) is 2.01. The summed E-state index contributed by atoms with van der Waals surface area (Å²) >= 11 is 0. The monoisotopic (exact) mass is 201 g/mol. The number of halogens is 3. The van der Waals surface area contributed by atoms with Crippen LogP contribution in [0.15, 0.2) is 0 Å². The zero-order valence-electron chi connectivity index (χ0n) is 6.71. The smallest absolute Gasteiger partial charge is 0.328 e. The number of hydrogen-bond acceptors (Lipinski definition) is 2. The summed E-state index contributed by atoms with van der Waals surface area (Å²) in [6.45, 7) is -2.63. The van der Waals surface area contributed by atoms with Crippen LogP contribution in [0.4, 0.5) is 8.78 Å². The molecule has 0 aromatic rings. The van der Waals surface area contributed by atoms with Crippen molar-refractivity contribution in [1.82, 2.24) is 0 Å². The highest BCUT2D eigenvalue weighted by atomic mass is 35.5. The summed E-state index contributed by atoms with van der Waals surface area (Å²) in [4.78, 5) is 0. The molecule has 0 spiro atoms. The van der Waals surface area contributed by atoms with E-state index in [2.05, 4.69) is 4.74 Å². The molecule has 1 aliphatic carbocycles. The van der Waals surface area contributed by atoms with Crippen LogP contribution in [0.25, 0.3) is 0 Å². The predicted molar refractivity (Wildman–Crippen MR) is 44.6 cm³/mol. The number of hydrogen-bond donors (Lipinski definition) is 1. The topological polar surface area (TPSA) is 35.2 Å². The van der Waals surface area contributed by atoms with Gasteiger partial charge in [-0.1, -0.05) is 0 Å². The molecule has 2 nitrogen and oxygen atoms in total. The maximum atomic E-state index is 11.7. The van der Waals surface area contributed by atoms with E-state index < -0.39 is 6.61 Å². The second-order valence-corrected chi connectivity index (χ2v) is 2.93. The van der Waals surface area contributed by atoms with Gasteiger partial charge in [-0.25, -0.2) is 0 Å². The summed E-state index contributed by atoms with van der Waals surface area (Å²) in [5.74, 6) is 0. The highest BCUT2D eigenvalue weighted by Gasteiger charge is 2.21. The molecule has 1 aliphatic rings. The van der Waals surface area contributed by atoms with Crippen LogP contribution in [0.5, 0.6) is 0 Å². The van der Waals surface area contributed by atoms with E-state index in [1.54, 1.807) is 0 Å². The minimum Gasteiger partial charge on any atom is -0.328 e. The Labute approximate surface area is 76.9 Å². The molecule has 1 rings (SSSR count). The van der Waals surface area contributed by atoms with Gasteiger partial charge in [0.05, 0.1) is 6.10 Å². The molecular weight excluding hydrogens is 188 g/mol. The van der Waals surface area contributed by atoms with Gasteiger partial charge >= 0.3 is 6.61 Å². The predicted octanol–water partition coefficient (Wildman–Crippen LogP) is 1.92. The van der Waals surface area contributed by atoms with E-state index in [-0.39, 0.29) is 24.6 Å². The minimum atomic E-state index is -2.63. The fraction of sp³-hybridized carbons (Fsp3) is 1.00. The van der Waals surface area contributed by atoms with Gasteiger partial charge < -0.3 is 10.5 Å². The molecule has 0 aliphatic heterocycles. The maximum Gasteiger partial charge on any atom is 0.345 e. The van der Waals surface area contributed by atoms with Gasteiger partial charge in [-0.2, -0.15) is 8.78 Å². The van der Waals surface area contributed by atoms with Crippen molar-refractivity contribution in [3.8, 4) is 0 Å². The molecule has 0 heterocycles. The van der Waals surface area contributed by atoms with Crippen LogP contribution in [0.3, 0.4) is 0 Å². The van der Waals surface area contributed by atoms with E-state index in [9.17, 15) is 8.78 Å². The molecule has 0 atom stereocenters. The first kappa shape index (κ1) is 12.1. The average Bonchev–Trinajstić information content (AvgIpc) is 1.93. The summed E-state index contributed by atoms with van der Waals surface area (Å²) in [5, 5.41) is 0. The molecule has 1 saturated carbocycles. The zero-order valence-corrected chi connectivity index (χ0v) is 7.53. The fourth-order valence-electron chi connectivity index (χ4n) is 1.37. The molecule has 12 heavy (non-hydrogen) atoms. The van der Waals surface area contributed by atoms with Crippen molar-refractivity contribution in [3.05, 3.63) is 0 Å².